The van der Waals surface area contributed by atoms with E-state index in [9.17, 15) is 26.8 Å². The number of likely N-dealkylation sites (tertiary alicyclic amines) is 1. The van der Waals surface area contributed by atoms with Crippen molar-refractivity contribution >= 4 is 44.4 Å². The van der Waals surface area contributed by atoms with Crippen molar-refractivity contribution in [3.63, 3.8) is 0 Å². The summed E-state index contributed by atoms with van der Waals surface area (Å²) in [5.41, 5.74) is 3.13. The van der Waals surface area contributed by atoms with Gasteiger partial charge in [-0.3, -0.25) is 24.1 Å². The molecule has 1 atom stereocenters. The number of hydrogen-bond donors (Lipinski definition) is 3. The number of hydrogen-bond acceptors (Lipinski definition) is 8. The SMILES string of the molecule is O=C(O)CN1CCC(CN2CCN(c3ccc(-c4cnc5[nH]cc(C(=O)c6cc(NS(=O)(=O)N7CC[C@@H](F)C7)ccc6F)c5c4)cc3)CC2)CC1. The molecule has 2 aromatic heterocycles. The van der Waals surface area contributed by atoms with E-state index in [-0.39, 0.29) is 42.9 Å². The van der Waals surface area contributed by atoms with Crippen LogP contribution >= 0.6 is 0 Å². The Morgan fingerprint density at radius 1 is 0.902 bits per heavy atom. The molecule has 2 aromatic carbocycles. The fraction of sp³-hybridized carbons (Fsp3) is 0.417. The van der Waals surface area contributed by atoms with E-state index in [4.69, 9.17) is 5.11 Å². The fourth-order valence-electron chi connectivity index (χ4n) is 7.31. The molecule has 3 N–H and O–H groups in total. The van der Waals surface area contributed by atoms with Crippen LogP contribution in [0.2, 0.25) is 0 Å². The van der Waals surface area contributed by atoms with E-state index in [1.54, 1.807) is 6.20 Å². The molecule has 0 bridgehead atoms. The largest absolute Gasteiger partial charge is 0.480 e. The molecule has 4 aromatic rings. The number of carbonyl (C=O) groups excluding carboxylic acids is 1. The van der Waals surface area contributed by atoms with Gasteiger partial charge >= 0.3 is 16.2 Å². The number of carboxylic acids is 1. The Bertz CT molecular complexity index is 2010. The first kappa shape index (κ1) is 35.0. The van der Waals surface area contributed by atoms with Crippen LogP contribution in [0.15, 0.2) is 60.9 Å². The molecule has 51 heavy (non-hydrogen) atoms. The van der Waals surface area contributed by atoms with Crippen LogP contribution in [0.3, 0.4) is 0 Å². The minimum absolute atomic E-state index is 0.00235. The number of carboxylic acid groups (broad SMARTS) is 1. The number of anilines is 2. The highest BCUT2D eigenvalue weighted by molar-refractivity contribution is 7.90. The van der Waals surface area contributed by atoms with Gasteiger partial charge in [0.05, 0.1) is 17.8 Å². The van der Waals surface area contributed by atoms with Crippen LogP contribution in [-0.4, -0.2) is 121 Å². The lowest BCUT2D eigenvalue weighted by Crippen LogP contribution is -2.49. The number of pyridine rings is 1. The number of alkyl halides is 1. The first-order valence-corrected chi connectivity index (χ1v) is 18.7. The number of benzene rings is 2. The third-order valence-corrected chi connectivity index (χ3v) is 11.7. The van der Waals surface area contributed by atoms with Crippen molar-refractivity contribution in [2.75, 3.05) is 75.1 Å². The number of halogens is 2. The van der Waals surface area contributed by atoms with Crippen molar-refractivity contribution in [2.45, 2.75) is 25.4 Å². The molecule has 3 aliphatic heterocycles. The smallest absolute Gasteiger partial charge is 0.317 e. The number of fused-ring (bicyclic) bond motifs is 1. The van der Waals surface area contributed by atoms with Gasteiger partial charge in [0.1, 0.15) is 17.6 Å². The maximum atomic E-state index is 15.0. The topological polar surface area (TPSA) is 142 Å². The molecule has 0 saturated carbocycles. The Morgan fingerprint density at radius 2 is 1.65 bits per heavy atom. The Morgan fingerprint density at radius 3 is 2.33 bits per heavy atom. The molecule has 0 amide bonds. The average Bonchev–Trinajstić information content (AvgIpc) is 3.76. The third-order valence-electron chi connectivity index (χ3n) is 10.2. The van der Waals surface area contributed by atoms with E-state index in [0.717, 1.165) is 91.9 Å². The summed E-state index contributed by atoms with van der Waals surface area (Å²) in [5, 5.41) is 9.54. The predicted octanol–water partition coefficient (Wildman–Crippen LogP) is 4.22. The first-order valence-electron chi connectivity index (χ1n) is 17.3. The van der Waals surface area contributed by atoms with Gasteiger partial charge in [-0.15, -0.1) is 0 Å². The molecule has 3 saturated heterocycles. The molecule has 270 valence electrons. The molecule has 3 fully saturated rings. The maximum Gasteiger partial charge on any atom is 0.317 e. The molecular weight excluding hydrogens is 681 g/mol. The standard InChI is InChI=1S/C36H41F2N7O5S/c37-27-9-12-45(22-27)51(49,50)41-28-3-6-33(38)31(18-28)35(48)32-20-40-36-30(32)17-26(19-39-36)25-1-4-29(5-2-25)44-15-13-43(14-16-44)21-24-7-10-42(11-8-24)23-34(46)47/h1-6,17-20,24,27,41H,7-16,21-23H2,(H,39,40)(H,46,47)/t27-/m1/s1. The number of piperazine rings is 1. The molecule has 0 aliphatic carbocycles. The van der Waals surface area contributed by atoms with Crippen molar-refractivity contribution in [3.05, 3.63) is 77.9 Å². The van der Waals surface area contributed by atoms with Crippen molar-refractivity contribution in [2.24, 2.45) is 5.92 Å². The zero-order valence-corrected chi connectivity index (χ0v) is 28.9. The summed E-state index contributed by atoms with van der Waals surface area (Å²) in [6, 6.07) is 13.4. The highest BCUT2D eigenvalue weighted by atomic mass is 32.2. The highest BCUT2D eigenvalue weighted by Crippen LogP contribution is 2.30. The van der Waals surface area contributed by atoms with E-state index in [1.807, 2.05) is 23.1 Å². The predicted molar refractivity (Wildman–Crippen MR) is 190 cm³/mol. The van der Waals surface area contributed by atoms with Gasteiger partial charge in [0.15, 0.2) is 5.78 Å². The second-order valence-electron chi connectivity index (χ2n) is 13.6. The molecule has 3 aliphatic rings. The Labute approximate surface area is 295 Å². The third kappa shape index (κ3) is 7.91. The van der Waals surface area contributed by atoms with Crippen LogP contribution in [0.4, 0.5) is 20.2 Å². The maximum absolute atomic E-state index is 15.0. The number of nitrogens with zero attached hydrogens (tertiary/aromatic N) is 5. The Kier molecular flexibility index (Phi) is 10.1. The zero-order valence-electron chi connectivity index (χ0n) is 28.1. The molecule has 0 unspecified atom stereocenters. The number of aromatic amines is 1. The summed E-state index contributed by atoms with van der Waals surface area (Å²) < 4.78 is 57.5. The molecule has 0 spiro atoms. The number of rotatable bonds is 11. The van der Waals surface area contributed by atoms with E-state index >= 15 is 0 Å². The van der Waals surface area contributed by atoms with E-state index < -0.39 is 34.0 Å². The number of carbonyl (C=O) groups is 2. The van der Waals surface area contributed by atoms with Crippen LogP contribution in [0.5, 0.6) is 0 Å². The Hall–Kier alpha value is -4.44. The molecular formula is C36H41F2N7O5S. The minimum atomic E-state index is -4.08. The number of aromatic nitrogens is 2. The van der Waals surface area contributed by atoms with Crippen molar-refractivity contribution in [1.29, 1.82) is 0 Å². The molecule has 12 nitrogen and oxygen atoms in total. The van der Waals surface area contributed by atoms with E-state index in [2.05, 4.69) is 36.6 Å². The number of aliphatic carboxylic acids is 1. The first-order chi connectivity index (χ1) is 24.5. The van der Waals surface area contributed by atoms with Crippen LogP contribution in [0.1, 0.15) is 35.2 Å². The van der Waals surface area contributed by atoms with Gasteiger partial charge in [0.2, 0.25) is 0 Å². The minimum Gasteiger partial charge on any atom is -0.480 e. The number of piperidine rings is 1. The molecule has 5 heterocycles. The van der Waals surface area contributed by atoms with E-state index in [0.29, 0.717) is 17.0 Å². The number of H-pyrrole nitrogens is 1. The van der Waals surface area contributed by atoms with E-state index in [1.165, 1.54) is 12.3 Å². The summed E-state index contributed by atoms with van der Waals surface area (Å²) in [4.78, 5) is 39.0. The van der Waals surface area contributed by atoms with Crippen LogP contribution in [0.25, 0.3) is 22.2 Å². The second-order valence-corrected chi connectivity index (χ2v) is 15.3. The summed E-state index contributed by atoms with van der Waals surface area (Å²) >= 11 is 0. The fourth-order valence-corrected chi connectivity index (χ4v) is 8.57. The molecule has 15 heteroatoms. The lowest BCUT2D eigenvalue weighted by molar-refractivity contribution is -0.138. The van der Waals surface area contributed by atoms with Crippen molar-refractivity contribution in [1.82, 2.24) is 24.1 Å². The number of nitrogens with one attached hydrogen (secondary N) is 2. The van der Waals surface area contributed by atoms with Gasteiger partial charge in [-0.25, -0.2) is 13.8 Å². The normalized spacial score (nSPS) is 19.9. The molecule has 7 rings (SSSR count). The number of ketones is 1. The van der Waals surface area contributed by atoms with Gasteiger partial charge in [-0.2, -0.15) is 12.7 Å². The zero-order chi connectivity index (χ0) is 35.7. The summed E-state index contributed by atoms with van der Waals surface area (Å²) in [6.45, 7) is 6.39. The lowest BCUT2D eigenvalue weighted by Gasteiger charge is -2.39. The summed E-state index contributed by atoms with van der Waals surface area (Å²) in [7, 11) is -4.08. The van der Waals surface area contributed by atoms with Gasteiger partial charge in [-0.1, -0.05) is 12.1 Å². The van der Waals surface area contributed by atoms with Crippen molar-refractivity contribution < 1.29 is 31.9 Å². The quantitative estimate of drug-likeness (QED) is 0.194. The van der Waals surface area contributed by atoms with Gasteiger partial charge in [0, 0.05) is 80.4 Å². The molecule has 0 radical (unpaired) electrons. The Balaban J connectivity index is 0.995. The summed E-state index contributed by atoms with van der Waals surface area (Å²) in [6.07, 6.45) is 4.11. The highest BCUT2D eigenvalue weighted by Gasteiger charge is 2.32. The van der Waals surface area contributed by atoms with Gasteiger partial charge < -0.3 is 15.0 Å². The van der Waals surface area contributed by atoms with Crippen LogP contribution in [-0.2, 0) is 15.0 Å². The summed E-state index contributed by atoms with van der Waals surface area (Å²) in [5.74, 6) is -1.61. The van der Waals surface area contributed by atoms with Gasteiger partial charge in [-0.05, 0) is 80.2 Å². The second kappa shape index (κ2) is 14.7. The monoisotopic (exact) mass is 721 g/mol. The lowest BCUT2D eigenvalue weighted by atomic mass is 9.96. The van der Waals surface area contributed by atoms with Crippen LogP contribution < -0.4 is 9.62 Å². The van der Waals surface area contributed by atoms with Crippen molar-refractivity contribution in [3.8, 4) is 11.1 Å². The average molecular weight is 722 g/mol. The van der Waals surface area contributed by atoms with Gasteiger partial charge in [0.25, 0.3) is 0 Å². The van der Waals surface area contributed by atoms with Crippen LogP contribution in [0, 0.1) is 11.7 Å².